The van der Waals surface area contributed by atoms with Crippen LogP contribution in [0.15, 0.2) is 40.0 Å². The summed E-state index contributed by atoms with van der Waals surface area (Å²) in [5.41, 5.74) is 0. The van der Waals surface area contributed by atoms with Gasteiger partial charge in [0, 0.05) is 13.2 Å². The topological polar surface area (TPSA) is 84.2 Å². The highest BCUT2D eigenvalue weighted by Gasteiger charge is 2.21. The molecule has 0 amide bonds. The van der Waals surface area contributed by atoms with E-state index in [2.05, 4.69) is 15.0 Å². The van der Waals surface area contributed by atoms with Gasteiger partial charge in [-0.05, 0) is 25.1 Å². The van der Waals surface area contributed by atoms with Gasteiger partial charge >= 0.3 is 0 Å². The van der Waals surface area contributed by atoms with Crippen molar-refractivity contribution in [3.8, 4) is 0 Å². The van der Waals surface area contributed by atoms with Crippen molar-refractivity contribution in [3.63, 3.8) is 0 Å². The van der Waals surface area contributed by atoms with Crippen molar-refractivity contribution in [2.24, 2.45) is 0 Å². The van der Waals surface area contributed by atoms with Crippen molar-refractivity contribution in [1.82, 2.24) is 9.71 Å². The van der Waals surface area contributed by atoms with E-state index in [4.69, 9.17) is 16.0 Å². The van der Waals surface area contributed by atoms with Crippen LogP contribution in [-0.2, 0) is 10.0 Å². The molecule has 0 saturated carbocycles. The van der Waals surface area contributed by atoms with Gasteiger partial charge < -0.3 is 9.73 Å². The normalized spacial score (nSPS) is 13.2. The molecule has 0 aliphatic carbocycles. The van der Waals surface area contributed by atoms with E-state index in [1.807, 2.05) is 0 Å². The Hall–Kier alpha value is -1.57. The third-order valence-electron chi connectivity index (χ3n) is 2.67. The largest absolute Gasteiger partial charge is 0.468 e. The predicted molar refractivity (Wildman–Crippen MR) is 76.2 cm³/mol. The number of nitrogens with zero attached hydrogens (tertiary/aromatic N) is 1. The highest BCUT2D eigenvalue weighted by molar-refractivity contribution is 7.89. The Balaban J connectivity index is 2.24. The number of anilines is 1. The van der Waals surface area contributed by atoms with Crippen LogP contribution in [0.2, 0.25) is 5.02 Å². The summed E-state index contributed by atoms with van der Waals surface area (Å²) in [6, 6.07) is 4.25. The molecule has 0 fully saturated rings. The lowest BCUT2D eigenvalue weighted by molar-refractivity contribution is 0.459. The molecular formula is C12H14ClN3O3S. The monoisotopic (exact) mass is 315 g/mol. The first kappa shape index (κ1) is 14.8. The van der Waals surface area contributed by atoms with Crippen LogP contribution in [-0.4, -0.2) is 20.4 Å². The minimum Gasteiger partial charge on any atom is -0.468 e. The summed E-state index contributed by atoms with van der Waals surface area (Å²) < 4.78 is 32.1. The van der Waals surface area contributed by atoms with Gasteiger partial charge in [-0.2, -0.15) is 0 Å². The second-order valence-corrected chi connectivity index (χ2v) is 6.23. The number of hydrogen-bond acceptors (Lipinski definition) is 5. The molecule has 108 valence electrons. The molecular weight excluding hydrogens is 302 g/mol. The molecule has 6 nitrogen and oxygen atoms in total. The van der Waals surface area contributed by atoms with Gasteiger partial charge in [0.1, 0.15) is 16.5 Å². The average molecular weight is 316 g/mol. The Morgan fingerprint density at radius 2 is 2.20 bits per heavy atom. The minimum atomic E-state index is -3.72. The van der Waals surface area contributed by atoms with Gasteiger partial charge in [0.05, 0.1) is 17.3 Å². The second kappa shape index (κ2) is 5.82. The van der Waals surface area contributed by atoms with E-state index < -0.39 is 16.1 Å². The van der Waals surface area contributed by atoms with E-state index in [0.29, 0.717) is 11.6 Å². The minimum absolute atomic E-state index is 0.0000869. The van der Waals surface area contributed by atoms with Crippen molar-refractivity contribution >= 4 is 27.4 Å². The van der Waals surface area contributed by atoms with Crippen LogP contribution in [0.3, 0.4) is 0 Å². The SMILES string of the molecule is CNc1ncc(S(=O)(=O)NC(C)c2ccco2)cc1Cl. The van der Waals surface area contributed by atoms with Gasteiger partial charge in [0.25, 0.3) is 0 Å². The fourth-order valence-electron chi connectivity index (χ4n) is 1.65. The maximum absolute atomic E-state index is 12.2. The number of sulfonamides is 1. The molecule has 2 rings (SSSR count). The second-order valence-electron chi connectivity index (χ2n) is 4.11. The molecule has 0 bridgehead atoms. The van der Waals surface area contributed by atoms with Crippen molar-refractivity contribution in [2.45, 2.75) is 17.9 Å². The van der Waals surface area contributed by atoms with E-state index in [1.165, 1.54) is 18.5 Å². The lowest BCUT2D eigenvalue weighted by Crippen LogP contribution is -2.26. The van der Waals surface area contributed by atoms with E-state index in [0.717, 1.165) is 0 Å². The van der Waals surface area contributed by atoms with Crippen LogP contribution in [0, 0.1) is 0 Å². The summed E-state index contributed by atoms with van der Waals surface area (Å²) in [7, 11) is -2.07. The number of rotatable bonds is 5. The molecule has 0 saturated heterocycles. The maximum Gasteiger partial charge on any atom is 0.242 e. The number of nitrogens with one attached hydrogen (secondary N) is 2. The van der Waals surface area contributed by atoms with Gasteiger partial charge in [-0.1, -0.05) is 11.6 Å². The van der Waals surface area contributed by atoms with Crippen molar-refractivity contribution in [2.75, 3.05) is 12.4 Å². The third-order valence-corrected chi connectivity index (χ3v) is 4.46. The van der Waals surface area contributed by atoms with E-state index >= 15 is 0 Å². The van der Waals surface area contributed by atoms with Crippen molar-refractivity contribution in [3.05, 3.63) is 41.4 Å². The number of hydrogen-bond donors (Lipinski definition) is 2. The molecule has 1 unspecified atom stereocenters. The van der Waals surface area contributed by atoms with Crippen LogP contribution in [0.1, 0.15) is 18.7 Å². The molecule has 20 heavy (non-hydrogen) atoms. The quantitative estimate of drug-likeness (QED) is 0.885. The van der Waals surface area contributed by atoms with Gasteiger partial charge in [0.15, 0.2) is 0 Å². The molecule has 8 heteroatoms. The average Bonchev–Trinajstić information content (AvgIpc) is 2.92. The van der Waals surface area contributed by atoms with Crippen LogP contribution in [0.4, 0.5) is 5.82 Å². The summed E-state index contributed by atoms with van der Waals surface area (Å²) >= 11 is 5.94. The molecule has 0 radical (unpaired) electrons. The van der Waals surface area contributed by atoms with Crippen LogP contribution >= 0.6 is 11.6 Å². The van der Waals surface area contributed by atoms with Crippen LogP contribution in [0.5, 0.6) is 0 Å². The first-order chi connectivity index (χ1) is 9.44. The molecule has 0 aromatic carbocycles. The van der Waals surface area contributed by atoms with Crippen molar-refractivity contribution in [1.29, 1.82) is 0 Å². The Morgan fingerprint density at radius 3 is 2.75 bits per heavy atom. The number of furan rings is 1. The highest BCUT2D eigenvalue weighted by Crippen LogP contribution is 2.23. The first-order valence-corrected chi connectivity index (χ1v) is 7.69. The lowest BCUT2D eigenvalue weighted by atomic mass is 10.3. The fraction of sp³-hybridized carbons (Fsp3) is 0.250. The standard InChI is InChI=1S/C12H14ClN3O3S/c1-8(11-4-3-5-19-11)16-20(17,18)9-6-10(13)12(14-2)15-7-9/h3-8,16H,1-2H3,(H,14,15). The zero-order valence-corrected chi connectivity index (χ0v) is 12.5. The summed E-state index contributed by atoms with van der Waals surface area (Å²) in [5, 5.41) is 3.00. The molecule has 2 aromatic rings. The summed E-state index contributed by atoms with van der Waals surface area (Å²) in [4.78, 5) is 3.95. The van der Waals surface area contributed by atoms with E-state index in [-0.39, 0.29) is 9.92 Å². The molecule has 2 aromatic heterocycles. The van der Waals surface area contributed by atoms with Gasteiger partial charge in [-0.25, -0.2) is 18.1 Å². The zero-order chi connectivity index (χ0) is 14.8. The Labute approximate surface area is 122 Å². The summed E-state index contributed by atoms with van der Waals surface area (Å²) in [6.07, 6.45) is 2.73. The zero-order valence-electron chi connectivity index (χ0n) is 10.9. The summed E-state index contributed by atoms with van der Waals surface area (Å²) in [6.45, 7) is 1.69. The number of halogens is 1. The third kappa shape index (κ3) is 3.12. The molecule has 2 N–H and O–H groups in total. The fourth-order valence-corrected chi connectivity index (χ4v) is 3.16. The van der Waals surface area contributed by atoms with Crippen molar-refractivity contribution < 1.29 is 12.8 Å². The highest BCUT2D eigenvalue weighted by atomic mass is 35.5. The molecule has 1 atom stereocenters. The Kier molecular flexibility index (Phi) is 4.32. The Bertz CT molecular complexity index is 686. The number of aromatic nitrogens is 1. The Morgan fingerprint density at radius 1 is 1.45 bits per heavy atom. The number of pyridine rings is 1. The van der Waals surface area contributed by atoms with E-state index in [9.17, 15) is 8.42 Å². The maximum atomic E-state index is 12.2. The molecule has 0 aliphatic heterocycles. The van der Waals surface area contributed by atoms with Gasteiger partial charge in [0.2, 0.25) is 10.0 Å². The molecule has 0 aliphatic rings. The molecule has 2 heterocycles. The summed E-state index contributed by atoms with van der Waals surface area (Å²) in [5.74, 6) is 0.948. The van der Waals surface area contributed by atoms with Crippen LogP contribution in [0.25, 0.3) is 0 Å². The van der Waals surface area contributed by atoms with Gasteiger partial charge in [-0.15, -0.1) is 0 Å². The van der Waals surface area contributed by atoms with Crippen LogP contribution < -0.4 is 10.0 Å². The van der Waals surface area contributed by atoms with Gasteiger partial charge in [-0.3, -0.25) is 0 Å². The first-order valence-electron chi connectivity index (χ1n) is 5.83. The smallest absolute Gasteiger partial charge is 0.242 e. The molecule has 0 spiro atoms. The van der Waals surface area contributed by atoms with E-state index in [1.54, 1.807) is 26.1 Å². The predicted octanol–water partition coefficient (Wildman–Crippen LogP) is 2.41. The lowest BCUT2D eigenvalue weighted by Gasteiger charge is -2.12.